The molecule has 1 amide bonds. The topological polar surface area (TPSA) is 115 Å². The van der Waals surface area contributed by atoms with Crippen molar-refractivity contribution in [2.75, 3.05) is 20.3 Å². The Bertz CT molecular complexity index is 716. The predicted molar refractivity (Wildman–Crippen MR) is 79.3 cm³/mol. The average Bonchev–Trinajstić information content (AvgIpc) is 3.02. The summed E-state index contributed by atoms with van der Waals surface area (Å²) in [5, 5.41) is 15.2. The molecule has 0 aliphatic carbocycles. The summed E-state index contributed by atoms with van der Waals surface area (Å²) in [5.41, 5.74) is 0.939. The molecular weight excluding hydrogens is 326 g/mol. The second-order valence-electron chi connectivity index (χ2n) is 4.47. The quantitative estimate of drug-likeness (QED) is 0.749. The van der Waals surface area contributed by atoms with E-state index in [-0.39, 0.29) is 31.3 Å². The molecule has 1 aromatic heterocycles. The van der Waals surface area contributed by atoms with Crippen molar-refractivity contribution < 1.29 is 24.0 Å². The van der Waals surface area contributed by atoms with E-state index in [4.69, 9.17) is 21.2 Å². The highest BCUT2D eigenvalue weighted by Gasteiger charge is 2.16. The molecule has 2 rings (SSSR count). The third kappa shape index (κ3) is 4.27. The van der Waals surface area contributed by atoms with Crippen molar-refractivity contribution in [2.45, 2.75) is 6.42 Å². The monoisotopic (exact) mass is 339 g/mol. The normalized spacial score (nSPS) is 10.4. The molecule has 0 aliphatic rings. The number of aliphatic hydroxyl groups is 1. The van der Waals surface area contributed by atoms with Gasteiger partial charge in [0.25, 0.3) is 0 Å². The number of aliphatic hydroxyl groups excluding tert-OH is 1. The maximum atomic E-state index is 11.6. The molecule has 1 aromatic carbocycles. The number of hydrogen-bond acceptors (Lipinski definition) is 7. The Morgan fingerprint density at radius 2 is 2.22 bits per heavy atom. The van der Waals surface area contributed by atoms with E-state index in [1.807, 2.05) is 0 Å². The summed E-state index contributed by atoms with van der Waals surface area (Å²) in [6.45, 7) is -0.105. The maximum Gasteiger partial charge on any atom is 0.337 e. The number of nitrogens with one attached hydrogen (secondary N) is 1. The van der Waals surface area contributed by atoms with Crippen LogP contribution in [0.1, 0.15) is 32.4 Å². The summed E-state index contributed by atoms with van der Waals surface area (Å²) in [7, 11) is 1.28. The highest BCUT2D eigenvalue weighted by molar-refractivity contribution is 6.31. The van der Waals surface area contributed by atoms with Crippen molar-refractivity contribution in [2.24, 2.45) is 0 Å². The predicted octanol–water partition coefficient (Wildman–Crippen LogP) is 0.822. The second-order valence-corrected chi connectivity index (χ2v) is 4.88. The fraction of sp³-hybridized carbons (Fsp3) is 0.286. The second kappa shape index (κ2) is 7.70. The Morgan fingerprint density at radius 1 is 1.43 bits per heavy atom. The molecule has 0 unspecified atom stereocenters. The summed E-state index contributed by atoms with van der Waals surface area (Å²) in [5.74, 6) is -1.04. The van der Waals surface area contributed by atoms with E-state index in [0.29, 0.717) is 16.1 Å². The van der Waals surface area contributed by atoms with Gasteiger partial charge in [0.2, 0.25) is 0 Å². The number of carbonyl (C=O) groups excluding carboxylic acids is 2. The Balaban J connectivity index is 2.15. The lowest BCUT2D eigenvalue weighted by Gasteiger charge is -2.04. The summed E-state index contributed by atoms with van der Waals surface area (Å²) in [6.07, 6.45) is 0.181. The minimum atomic E-state index is -0.577. The lowest BCUT2D eigenvalue weighted by atomic mass is 10.1. The zero-order valence-corrected chi connectivity index (χ0v) is 13.0. The number of aromatic nitrogens is 2. The van der Waals surface area contributed by atoms with Crippen LogP contribution >= 0.6 is 11.6 Å². The Kier molecular flexibility index (Phi) is 5.67. The van der Waals surface area contributed by atoms with Gasteiger partial charge in [-0.25, -0.2) is 4.79 Å². The number of esters is 1. The number of ether oxygens (including phenoxy) is 1. The highest BCUT2D eigenvalue weighted by atomic mass is 35.5. The lowest BCUT2D eigenvalue weighted by Crippen LogP contribution is -2.26. The van der Waals surface area contributed by atoms with Crippen molar-refractivity contribution in [3.8, 4) is 0 Å². The van der Waals surface area contributed by atoms with E-state index in [1.54, 1.807) is 18.2 Å². The third-order valence-electron chi connectivity index (χ3n) is 2.88. The number of benzene rings is 1. The van der Waals surface area contributed by atoms with Gasteiger partial charge in [-0.2, -0.15) is 4.98 Å². The first kappa shape index (κ1) is 16.9. The molecule has 0 atom stereocenters. The molecule has 0 aliphatic heterocycles. The Hall–Kier alpha value is -2.45. The summed E-state index contributed by atoms with van der Waals surface area (Å²) in [6, 6.07) is 4.68. The average molecular weight is 340 g/mol. The van der Waals surface area contributed by atoms with Gasteiger partial charge < -0.3 is 19.7 Å². The van der Waals surface area contributed by atoms with Crippen molar-refractivity contribution in [1.82, 2.24) is 15.5 Å². The fourth-order valence-electron chi connectivity index (χ4n) is 1.79. The van der Waals surface area contributed by atoms with Crippen LogP contribution in [-0.4, -0.2) is 47.4 Å². The number of methoxy groups -OCH3 is 1. The van der Waals surface area contributed by atoms with Crippen LogP contribution in [0.15, 0.2) is 22.7 Å². The van der Waals surface area contributed by atoms with Crippen molar-refractivity contribution in [3.63, 3.8) is 0 Å². The molecule has 8 nitrogen and oxygen atoms in total. The molecule has 2 aromatic rings. The van der Waals surface area contributed by atoms with Crippen LogP contribution in [0.3, 0.4) is 0 Å². The maximum absolute atomic E-state index is 11.6. The molecule has 0 spiro atoms. The van der Waals surface area contributed by atoms with Crippen LogP contribution in [0.2, 0.25) is 5.02 Å². The zero-order valence-electron chi connectivity index (χ0n) is 12.2. The number of nitrogens with zero attached hydrogens (tertiary/aromatic N) is 2. The molecule has 0 fully saturated rings. The van der Waals surface area contributed by atoms with Crippen LogP contribution in [0, 0.1) is 0 Å². The zero-order chi connectivity index (χ0) is 16.8. The first-order chi connectivity index (χ1) is 11.0. The molecule has 0 saturated heterocycles. The summed E-state index contributed by atoms with van der Waals surface area (Å²) < 4.78 is 9.49. The standard InChI is InChI=1S/C14H14ClN3O5/c1-22-14(21)8-2-3-10(15)9(6-8)7-11-17-13(23-18-11)12(20)16-4-5-19/h2-3,6,19H,4-5,7H2,1H3,(H,16,20). The van der Waals surface area contributed by atoms with E-state index in [0.717, 1.165) is 0 Å². The van der Waals surface area contributed by atoms with E-state index in [9.17, 15) is 9.59 Å². The molecule has 0 saturated carbocycles. The number of rotatable bonds is 6. The van der Waals surface area contributed by atoms with Gasteiger partial charge in [0, 0.05) is 18.0 Å². The number of halogens is 1. The molecule has 0 radical (unpaired) electrons. The molecule has 1 heterocycles. The molecule has 23 heavy (non-hydrogen) atoms. The van der Waals surface area contributed by atoms with Crippen LogP contribution < -0.4 is 5.32 Å². The number of amides is 1. The van der Waals surface area contributed by atoms with Crippen LogP contribution in [-0.2, 0) is 11.2 Å². The van der Waals surface area contributed by atoms with Crippen molar-refractivity contribution >= 4 is 23.5 Å². The number of hydrogen-bond donors (Lipinski definition) is 2. The van der Waals surface area contributed by atoms with E-state index < -0.39 is 11.9 Å². The minimum Gasteiger partial charge on any atom is -0.465 e. The molecule has 122 valence electrons. The Labute approximate surface area is 136 Å². The first-order valence-electron chi connectivity index (χ1n) is 6.63. The van der Waals surface area contributed by atoms with Crippen molar-refractivity contribution in [3.05, 3.63) is 46.1 Å². The highest BCUT2D eigenvalue weighted by Crippen LogP contribution is 2.20. The smallest absolute Gasteiger partial charge is 0.337 e. The van der Waals surface area contributed by atoms with Gasteiger partial charge in [0.05, 0.1) is 19.3 Å². The molecule has 0 bridgehead atoms. The summed E-state index contributed by atoms with van der Waals surface area (Å²) >= 11 is 6.09. The SMILES string of the molecule is COC(=O)c1ccc(Cl)c(Cc2noc(C(=O)NCCO)n2)c1. The lowest BCUT2D eigenvalue weighted by molar-refractivity contribution is 0.0600. The Morgan fingerprint density at radius 3 is 2.91 bits per heavy atom. The molecule has 9 heteroatoms. The van der Waals surface area contributed by atoms with Crippen molar-refractivity contribution in [1.29, 1.82) is 0 Å². The number of carbonyl (C=O) groups is 2. The van der Waals surface area contributed by atoms with Gasteiger partial charge in [0.1, 0.15) is 0 Å². The summed E-state index contributed by atoms with van der Waals surface area (Å²) in [4.78, 5) is 27.1. The van der Waals surface area contributed by atoms with Crippen LogP contribution in [0.5, 0.6) is 0 Å². The third-order valence-corrected chi connectivity index (χ3v) is 3.24. The minimum absolute atomic E-state index is 0.0869. The largest absolute Gasteiger partial charge is 0.465 e. The fourth-order valence-corrected chi connectivity index (χ4v) is 1.97. The first-order valence-corrected chi connectivity index (χ1v) is 7.01. The van der Waals surface area contributed by atoms with Gasteiger partial charge in [-0.15, -0.1) is 0 Å². The van der Waals surface area contributed by atoms with Gasteiger partial charge in [-0.3, -0.25) is 4.79 Å². The van der Waals surface area contributed by atoms with Gasteiger partial charge in [0.15, 0.2) is 5.82 Å². The van der Waals surface area contributed by atoms with E-state index in [2.05, 4.69) is 20.2 Å². The van der Waals surface area contributed by atoms with Gasteiger partial charge >= 0.3 is 17.8 Å². The molecular formula is C14H14ClN3O5. The van der Waals surface area contributed by atoms with Gasteiger partial charge in [-0.05, 0) is 23.8 Å². The van der Waals surface area contributed by atoms with Crippen LogP contribution in [0.4, 0.5) is 0 Å². The van der Waals surface area contributed by atoms with Crippen LogP contribution in [0.25, 0.3) is 0 Å². The van der Waals surface area contributed by atoms with E-state index >= 15 is 0 Å². The molecule has 2 N–H and O–H groups in total. The van der Waals surface area contributed by atoms with E-state index in [1.165, 1.54) is 7.11 Å². The van der Waals surface area contributed by atoms with Gasteiger partial charge in [-0.1, -0.05) is 16.8 Å².